The SMILES string of the molecule is [Cl-].[Cl-].[Cl-].[Cl-].[Cl-].[Cl-].[Mg+2]. The van der Waals surface area contributed by atoms with Gasteiger partial charge in [-0.15, -0.1) is 0 Å². The number of rotatable bonds is 0. The van der Waals surface area contributed by atoms with Crippen LogP contribution >= 0.6 is 0 Å². The van der Waals surface area contributed by atoms with Gasteiger partial charge < -0.3 is 74.4 Å². The second-order valence-corrected chi connectivity index (χ2v) is 0. The summed E-state index contributed by atoms with van der Waals surface area (Å²) in [5.74, 6) is 0. The van der Waals surface area contributed by atoms with E-state index in [-0.39, 0.29) is 97.5 Å². The first-order chi connectivity index (χ1) is 0. The van der Waals surface area contributed by atoms with Gasteiger partial charge in [-0.1, -0.05) is 0 Å². The Bertz CT molecular complexity index is 4.14. The number of hydrogen-bond donors (Lipinski definition) is 0. The maximum atomic E-state index is 0. The van der Waals surface area contributed by atoms with Crippen molar-refractivity contribution in [2.45, 2.75) is 0 Å². The van der Waals surface area contributed by atoms with Gasteiger partial charge in [-0.05, 0) is 0 Å². The van der Waals surface area contributed by atoms with Gasteiger partial charge in [0.25, 0.3) is 0 Å². The van der Waals surface area contributed by atoms with E-state index in [4.69, 9.17) is 0 Å². The molecular formula is Cl6Mg-4. The standard InChI is InChI=1S/6ClH.Mg/h6*1H;/q;;;;;;+2/p-6. The molecule has 0 saturated carbocycles. The molecule has 0 saturated heterocycles. The van der Waals surface area contributed by atoms with Crippen LogP contribution in [0.1, 0.15) is 0 Å². The van der Waals surface area contributed by atoms with Crippen LogP contribution in [0.4, 0.5) is 0 Å². The zero-order valence-electron chi connectivity index (χ0n) is 2.97. The molecule has 48 valence electrons. The molecule has 0 aromatic carbocycles. The summed E-state index contributed by atoms with van der Waals surface area (Å²) in [7, 11) is 0. The van der Waals surface area contributed by atoms with E-state index in [9.17, 15) is 0 Å². The van der Waals surface area contributed by atoms with Gasteiger partial charge >= 0.3 is 23.1 Å². The molecule has 0 rings (SSSR count). The van der Waals surface area contributed by atoms with Gasteiger partial charge in [0.05, 0.1) is 0 Å². The monoisotopic (exact) mass is 234 g/mol. The van der Waals surface area contributed by atoms with E-state index in [1.807, 2.05) is 0 Å². The molecule has 0 amide bonds. The topological polar surface area (TPSA) is 0 Å². The Hall–Kier alpha value is 2.51. The van der Waals surface area contributed by atoms with E-state index in [1.54, 1.807) is 0 Å². The Morgan fingerprint density at radius 3 is 0.286 bits per heavy atom. The van der Waals surface area contributed by atoms with E-state index in [2.05, 4.69) is 0 Å². The van der Waals surface area contributed by atoms with Crippen molar-refractivity contribution in [1.29, 1.82) is 0 Å². The van der Waals surface area contributed by atoms with Crippen molar-refractivity contribution in [2.75, 3.05) is 0 Å². The maximum Gasteiger partial charge on any atom is 2.00 e. The zero-order chi connectivity index (χ0) is 0. The molecule has 0 aliphatic rings. The van der Waals surface area contributed by atoms with Gasteiger partial charge in [-0.3, -0.25) is 0 Å². The first kappa shape index (κ1) is 110. The van der Waals surface area contributed by atoms with Crippen molar-refractivity contribution >= 4 is 23.1 Å². The molecule has 7 heavy (non-hydrogen) atoms. The maximum absolute atomic E-state index is 0. The molecule has 0 radical (unpaired) electrons. The first-order valence-electron chi connectivity index (χ1n) is 0. The minimum absolute atomic E-state index is 0. The Morgan fingerprint density at radius 1 is 0.286 bits per heavy atom. The molecule has 7 heteroatoms. The van der Waals surface area contributed by atoms with Crippen LogP contribution in [0.5, 0.6) is 0 Å². The van der Waals surface area contributed by atoms with E-state index < -0.39 is 0 Å². The van der Waals surface area contributed by atoms with Gasteiger partial charge in [0, 0.05) is 0 Å². The van der Waals surface area contributed by atoms with Gasteiger partial charge in [0.1, 0.15) is 0 Å². The minimum atomic E-state index is 0. The Morgan fingerprint density at radius 2 is 0.286 bits per heavy atom. The fraction of sp³-hybridized carbons (Fsp3) is 0. The van der Waals surface area contributed by atoms with Gasteiger partial charge in [-0.25, -0.2) is 0 Å². The molecule has 0 aromatic heterocycles. The molecule has 0 atom stereocenters. The number of hydrogen-bond acceptors (Lipinski definition) is 0. The average Bonchev–Trinajstić information content (AvgIpc) is 0. The van der Waals surface area contributed by atoms with Crippen molar-refractivity contribution in [3.63, 3.8) is 0 Å². The summed E-state index contributed by atoms with van der Waals surface area (Å²) in [5.41, 5.74) is 0. The molecular weight excluding hydrogens is 237 g/mol. The van der Waals surface area contributed by atoms with Crippen molar-refractivity contribution in [2.24, 2.45) is 0 Å². The van der Waals surface area contributed by atoms with Crippen LogP contribution in [0.3, 0.4) is 0 Å². The summed E-state index contributed by atoms with van der Waals surface area (Å²) in [6, 6.07) is 0. The second-order valence-electron chi connectivity index (χ2n) is 0. The van der Waals surface area contributed by atoms with Gasteiger partial charge in [0.2, 0.25) is 0 Å². The predicted molar refractivity (Wildman–Crippen MR) is 5.75 cm³/mol. The van der Waals surface area contributed by atoms with Crippen molar-refractivity contribution in [3.8, 4) is 0 Å². The summed E-state index contributed by atoms with van der Waals surface area (Å²) in [6.07, 6.45) is 0. The molecule has 0 bridgehead atoms. The van der Waals surface area contributed by atoms with E-state index in [1.165, 1.54) is 0 Å². The summed E-state index contributed by atoms with van der Waals surface area (Å²) in [4.78, 5) is 0. The van der Waals surface area contributed by atoms with Crippen molar-refractivity contribution in [1.82, 2.24) is 0 Å². The summed E-state index contributed by atoms with van der Waals surface area (Å²) < 4.78 is 0. The molecule has 0 aliphatic heterocycles. The smallest absolute Gasteiger partial charge is 1.00 e. The first-order valence-corrected chi connectivity index (χ1v) is 0. The van der Waals surface area contributed by atoms with Gasteiger partial charge in [0.15, 0.2) is 0 Å². The normalized spacial score (nSPS) is 0. The van der Waals surface area contributed by atoms with Crippen LogP contribution in [-0.4, -0.2) is 23.1 Å². The van der Waals surface area contributed by atoms with E-state index in [0.717, 1.165) is 0 Å². The van der Waals surface area contributed by atoms with Crippen LogP contribution in [0.25, 0.3) is 0 Å². The molecule has 0 fully saturated rings. The predicted octanol–water partition coefficient (Wildman–Crippen LogP) is -18.4. The third kappa shape index (κ3) is 57.3. The molecule has 0 heterocycles. The second kappa shape index (κ2) is 76.3. The Kier molecular flexibility index (Phi) is 1190. The summed E-state index contributed by atoms with van der Waals surface area (Å²) in [5, 5.41) is 0. The van der Waals surface area contributed by atoms with Crippen LogP contribution < -0.4 is 74.4 Å². The van der Waals surface area contributed by atoms with Crippen molar-refractivity contribution < 1.29 is 74.4 Å². The zero-order valence-corrected chi connectivity index (χ0v) is 8.92. The molecule has 0 spiro atoms. The summed E-state index contributed by atoms with van der Waals surface area (Å²) in [6.45, 7) is 0. The van der Waals surface area contributed by atoms with E-state index >= 15 is 0 Å². The molecule has 0 aromatic rings. The van der Waals surface area contributed by atoms with Crippen LogP contribution in [0, 0.1) is 0 Å². The van der Waals surface area contributed by atoms with Crippen LogP contribution in [0.15, 0.2) is 0 Å². The fourth-order valence-corrected chi connectivity index (χ4v) is 0. The Labute approximate surface area is 96.6 Å². The third-order valence-electron chi connectivity index (χ3n) is 0. The fourth-order valence-electron chi connectivity index (χ4n) is 0. The van der Waals surface area contributed by atoms with Gasteiger partial charge in [-0.2, -0.15) is 0 Å². The van der Waals surface area contributed by atoms with E-state index in [0.29, 0.717) is 0 Å². The largest absolute Gasteiger partial charge is 2.00 e. The number of halogens is 6. The van der Waals surface area contributed by atoms with Crippen LogP contribution in [-0.2, 0) is 0 Å². The summed E-state index contributed by atoms with van der Waals surface area (Å²) >= 11 is 0. The quantitative estimate of drug-likeness (QED) is 0.367. The average molecular weight is 237 g/mol. The van der Waals surface area contributed by atoms with Crippen LogP contribution in [0.2, 0.25) is 0 Å². The molecule has 0 nitrogen and oxygen atoms in total. The molecule has 0 unspecified atom stereocenters. The Balaban J connectivity index is 0. The molecule has 0 aliphatic carbocycles. The minimum Gasteiger partial charge on any atom is -1.00 e. The third-order valence-corrected chi connectivity index (χ3v) is 0. The molecule has 0 N–H and O–H groups in total. The van der Waals surface area contributed by atoms with Crippen molar-refractivity contribution in [3.05, 3.63) is 0 Å².